The maximum absolute atomic E-state index is 11.4. The monoisotopic (exact) mass is 286 g/mol. The smallest absolute Gasteiger partial charge is 0.408 e. The SMILES string of the molecule is COc1cccc(C#CCNC(=O)OC(C)(C)C)c1C#N. The highest BCUT2D eigenvalue weighted by molar-refractivity contribution is 5.68. The van der Waals surface area contributed by atoms with E-state index in [1.165, 1.54) is 7.11 Å². The number of rotatable bonds is 2. The molecule has 0 saturated heterocycles. The zero-order chi connectivity index (χ0) is 15.9. The summed E-state index contributed by atoms with van der Waals surface area (Å²) in [6.07, 6.45) is -0.525. The Morgan fingerprint density at radius 2 is 2.10 bits per heavy atom. The molecule has 0 bridgehead atoms. The first kappa shape index (κ1) is 16.4. The average molecular weight is 286 g/mol. The fourth-order valence-electron chi connectivity index (χ4n) is 1.49. The van der Waals surface area contributed by atoms with E-state index >= 15 is 0 Å². The van der Waals surface area contributed by atoms with E-state index in [0.717, 1.165) is 0 Å². The molecule has 0 aliphatic carbocycles. The summed E-state index contributed by atoms with van der Waals surface area (Å²) >= 11 is 0. The van der Waals surface area contributed by atoms with Crippen molar-refractivity contribution in [2.45, 2.75) is 26.4 Å². The van der Waals surface area contributed by atoms with Crippen molar-refractivity contribution in [2.75, 3.05) is 13.7 Å². The van der Waals surface area contributed by atoms with Gasteiger partial charge < -0.3 is 14.8 Å². The van der Waals surface area contributed by atoms with E-state index in [2.05, 4.69) is 23.2 Å². The van der Waals surface area contributed by atoms with Crippen LogP contribution in [0.15, 0.2) is 18.2 Å². The summed E-state index contributed by atoms with van der Waals surface area (Å²) in [5.41, 5.74) is 0.394. The van der Waals surface area contributed by atoms with Crippen LogP contribution in [0.5, 0.6) is 5.75 Å². The van der Waals surface area contributed by atoms with Crippen molar-refractivity contribution in [3.8, 4) is 23.7 Å². The van der Waals surface area contributed by atoms with Crippen LogP contribution in [0.3, 0.4) is 0 Å². The Hall–Kier alpha value is -2.66. The van der Waals surface area contributed by atoms with Gasteiger partial charge in [0.1, 0.15) is 23.0 Å². The molecular weight excluding hydrogens is 268 g/mol. The van der Waals surface area contributed by atoms with Crippen molar-refractivity contribution >= 4 is 6.09 Å². The number of methoxy groups -OCH3 is 1. The lowest BCUT2D eigenvalue weighted by Gasteiger charge is -2.19. The third-order valence-electron chi connectivity index (χ3n) is 2.30. The van der Waals surface area contributed by atoms with Gasteiger partial charge in [0.05, 0.1) is 13.7 Å². The molecule has 0 aromatic heterocycles. The number of nitriles is 1. The van der Waals surface area contributed by atoms with Gasteiger partial charge in [-0.2, -0.15) is 5.26 Å². The van der Waals surface area contributed by atoms with Crippen molar-refractivity contribution < 1.29 is 14.3 Å². The number of alkyl carbamates (subject to hydrolysis) is 1. The number of carbonyl (C=O) groups is 1. The summed E-state index contributed by atoms with van der Waals surface area (Å²) < 4.78 is 10.2. The number of nitrogens with zero attached hydrogens (tertiary/aromatic N) is 1. The average Bonchev–Trinajstić information content (AvgIpc) is 2.41. The van der Waals surface area contributed by atoms with Crippen molar-refractivity contribution in [3.05, 3.63) is 29.3 Å². The molecule has 1 aromatic rings. The van der Waals surface area contributed by atoms with Gasteiger partial charge in [0.25, 0.3) is 0 Å². The van der Waals surface area contributed by atoms with Crippen molar-refractivity contribution in [1.82, 2.24) is 5.32 Å². The Morgan fingerprint density at radius 3 is 2.67 bits per heavy atom. The molecule has 21 heavy (non-hydrogen) atoms. The van der Waals surface area contributed by atoms with Crippen LogP contribution < -0.4 is 10.1 Å². The topological polar surface area (TPSA) is 71.3 Å². The van der Waals surface area contributed by atoms with Gasteiger partial charge in [-0.3, -0.25) is 0 Å². The predicted molar refractivity (Wildman–Crippen MR) is 78.8 cm³/mol. The molecule has 0 aliphatic rings. The van der Waals surface area contributed by atoms with Crippen LogP contribution in [0.25, 0.3) is 0 Å². The van der Waals surface area contributed by atoms with Crippen LogP contribution >= 0.6 is 0 Å². The quantitative estimate of drug-likeness (QED) is 0.848. The molecule has 0 unspecified atom stereocenters. The highest BCUT2D eigenvalue weighted by Gasteiger charge is 2.15. The normalized spacial score (nSPS) is 9.86. The molecule has 110 valence electrons. The van der Waals surface area contributed by atoms with Gasteiger partial charge in [0.2, 0.25) is 0 Å². The molecular formula is C16H18N2O3. The van der Waals surface area contributed by atoms with E-state index in [4.69, 9.17) is 14.7 Å². The highest BCUT2D eigenvalue weighted by atomic mass is 16.6. The zero-order valence-corrected chi connectivity index (χ0v) is 12.6. The van der Waals surface area contributed by atoms with E-state index in [9.17, 15) is 4.79 Å². The highest BCUT2D eigenvalue weighted by Crippen LogP contribution is 2.20. The molecule has 0 radical (unpaired) electrons. The van der Waals surface area contributed by atoms with Gasteiger partial charge in [0.15, 0.2) is 0 Å². The first-order valence-electron chi connectivity index (χ1n) is 6.40. The summed E-state index contributed by atoms with van der Waals surface area (Å²) in [6.45, 7) is 5.49. The molecule has 1 aromatic carbocycles. The summed E-state index contributed by atoms with van der Waals surface area (Å²) in [6, 6.07) is 7.23. The molecule has 1 N–H and O–H groups in total. The van der Waals surface area contributed by atoms with Crippen LogP contribution in [0, 0.1) is 23.2 Å². The van der Waals surface area contributed by atoms with Crippen LogP contribution in [0.2, 0.25) is 0 Å². The largest absolute Gasteiger partial charge is 0.495 e. The molecule has 0 atom stereocenters. The van der Waals surface area contributed by atoms with Crippen LogP contribution in [-0.2, 0) is 4.74 Å². The van der Waals surface area contributed by atoms with Gasteiger partial charge >= 0.3 is 6.09 Å². The summed E-state index contributed by atoms with van der Waals surface area (Å²) in [4.78, 5) is 11.4. The summed E-state index contributed by atoms with van der Waals surface area (Å²) in [5.74, 6) is 6.09. The third-order valence-corrected chi connectivity index (χ3v) is 2.30. The number of hydrogen-bond acceptors (Lipinski definition) is 4. The fraction of sp³-hybridized carbons (Fsp3) is 0.375. The summed E-state index contributed by atoms with van der Waals surface area (Å²) in [7, 11) is 1.50. The minimum Gasteiger partial charge on any atom is -0.495 e. The minimum atomic E-state index is -0.543. The van der Waals surface area contributed by atoms with Gasteiger partial charge in [0, 0.05) is 5.56 Å². The van der Waals surface area contributed by atoms with E-state index in [1.807, 2.05) is 0 Å². The Morgan fingerprint density at radius 1 is 1.38 bits per heavy atom. The van der Waals surface area contributed by atoms with E-state index < -0.39 is 11.7 Å². The number of benzene rings is 1. The predicted octanol–water partition coefficient (Wildman–Crippen LogP) is 2.44. The molecule has 0 heterocycles. The maximum Gasteiger partial charge on any atom is 0.408 e. The number of carbonyl (C=O) groups excluding carboxylic acids is 1. The Balaban J connectivity index is 2.69. The first-order valence-corrected chi connectivity index (χ1v) is 6.40. The maximum atomic E-state index is 11.4. The molecule has 5 nitrogen and oxygen atoms in total. The second-order valence-corrected chi connectivity index (χ2v) is 5.15. The van der Waals surface area contributed by atoms with E-state index in [0.29, 0.717) is 16.9 Å². The van der Waals surface area contributed by atoms with E-state index in [1.54, 1.807) is 39.0 Å². The Kier molecular flexibility index (Phi) is 5.63. The van der Waals surface area contributed by atoms with Crippen LogP contribution in [-0.4, -0.2) is 25.3 Å². The molecule has 0 fully saturated rings. The third kappa shape index (κ3) is 5.46. The molecule has 1 amide bonds. The van der Waals surface area contributed by atoms with Crippen LogP contribution in [0.1, 0.15) is 31.9 Å². The second kappa shape index (κ2) is 7.21. The lowest BCUT2D eigenvalue weighted by Crippen LogP contribution is -2.32. The van der Waals surface area contributed by atoms with Gasteiger partial charge in [-0.05, 0) is 32.9 Å². The molecule has 0 spiro atoms. The molecule has 0 aliphatic heterocycles. The first-order chi connectivity index (χ1) is 9.87. The number of nitrogens with one attached hydrogen (secondary N) is 1. The lowest BCUT2D eigenvalue weighted by molar-refractivity contribution is 0.0535. The number of amides is 1. The number of ether oxygens (including phenoxy) is 2. The Bertz CT molecular complexity index is 613. The van der Waals surface area contributed by atoms with Crippen LogP contribution in [0.4, 0.5) is 4.79 Å². The van der Waals surface area contributed by atoms with Crippen molar-refractivity contribution in [1.29, 1.82) is 5.26 Å². The molecule has 0 saturated carbocycles. The van der Waals surface area contributed by atoms with Crippen molar-refractivity contribution in [3.63, 3.8) is 0 Å². The lowest BCUT2D eigenvalue weighted by atomic mass is 10.1. The van der Waals surface area contributed by atoms with Gasteiger partial charge in [-0.1, -0.05) is 17.9 Å². The van der Waals surface area contributed by atoms with Crippen molar-refractivity contribution in [2.24, 2.45) is 0 Å². The number of hydrogen-bond donors (Lipinski definition) is 1. The molecule has 5 heteroatoms. The van der Waals surface area contributed by atoms with E-state index in [-0.39, 0.29) is 6.54 Å². The summed E-state index contributed by atoms with van der Waals surface area (Å²) in [5, 5.41) is 11.6. The Labute approximate surface area is 124 Å². The standard InChI is InChI=1S/C16H18N2O3/c1-16(2,3)21-15(19)18-10-6-8-12-7-5-9-14(20-4)13(12)11-17/h5,7,9H,10H2,1-4H3,(H,18,19). The molecule has 1 rings (SSSR count). The fourth-order valence-corrected chi connectivity index (χ4v) is 1.49. The second-order valence-electron chi connectivity index (χ2n) is 5.15. The van der Waals surface area contributed by atoms with Gasteiger partial charge in [-0.15, -0.1) is 0 Å². The zero-order valence-electron chi connectivity index (χ0n) is 12.6. The minimum absolute atomic E-state index is 0.136. The van der Waals surface area contributed by atoms with Gasteiger partial charge in [-0.25, -0.2) is 4.79 Å².